The minimum Gasteiger partial charge on any atom is -0.508 e. The van der Waals surface area contributed by atoms with Gasteiger partial charge in [0.15, 0.2) is 0 Å². The highest BCUT2D eigenvalue weighted by molar-refractivity contribution is 5.45. The molecule has 0 amide bonds. The standard InChI is InChI=1S/C16H22N2O2/c1-18(2)10-7-13-5-6-15(20)14(11-13)16(17-12-19)8-3-4-9-16/h5-6,11,20H,3-4,7-10H2,1-2H3. The minimum atomic E-state index is -0.556. The molecule has 0 radical (unpaired) electrons. The van der Waals surface area contributed by atoms with Gasteiger partial charge >= 0.3 is 0 Å². The summed E-state index contributed by atoms with van der Waals surface area (Å²) in [6.07, 6.45) is 6.31. The molecule has 4 heteroatoms. The number of aliphatic imine (C=N–C) groups is 1. The Morgan fingerprint density at radius 3 is 2.65 bits per heavy atom. The second kappa shape index (κ2) is 6.21. The highest BCUT2D eigenvalue weighted by atomic mass is 16.3. The maximum atomic E-state index is 10.8. The molecule has 1 aliphatic rings. The number of benzene rings is 1. The van der Waals surface area contributed by atoms with E-state index in [-0.39, 0.29) is 5.75 Å². The number of nitrogens with zero attached hydrogens (tertiary/aromatic N) is 2. The van der Waals surface area contributed by atoms with Crippen molar-refractivity contribution in [3.63, 3.8) is 0 Å². The third-order valence-corrected chi connectivity index (χ3v) is 4.10. The number of likely N-dealkylation sites (N-methyl/N-ethyl adjacent to an activating group) is 1. The Morgan fingerprint density at radius 1 is 1.35 bits per heavy atom. The van der Waals surface area contributed by atoms with E-state index in [1.165, 1.54) is 5.56 Å². The van der Waals surface area contributed by atoms with Crippen molar-refractivity contribution in [3.05, 3.63) is 29.3 Å². The zero-order valence-electron chi connectivity index (χ0n) is 12.2. The van der Waals surface area contributed by atoms with Crippen molar-refractivity contribution in [3.8, 4) is 5.75 Å². The topological polar surface area (TPSA) is 52.9 Å². The number of hydrogen-bond acceptors (Lipinski definition) is 4. The van der Waals surface area contributed by atoms with Gasteiger partial charge in [-0.15, -0.1) is 0 Å². The molecule has 1 fully saturated rings. The molecule has 0 unspecified atom stereocenters. The molecule has 0 saturated heterocycles. The molecule has 1 N–H and O–H groups in total. The van der Waals surface area contributed by atoms with Gasteiger partial charge in [0.05, 0.1) is 0 Å². The van der Waals surface area contributed by atoms with Crippen LogP contribution in [0.15, 0.2) is 23.2 Å². The summed E-state index contributed by atoms with van der Waals surface area (Å²) in [6, 6.07) is 5.67. The Bertz CT molecular complexity index is 513. The van der Waals surface area contributed by atoms with Crippen molar-refractivity contribution in [2.75, 3.05) is 20.6 Å². The number of phenolic OH excluding ortho intramolecular Hbond substituents is 1. The first kappa shape index (κ1) is 14.8. The summed E-state index contributed by atoms with van der Waals surface area (Å²) in [5.74, 6) is 0.236. The summed E-state index contributed by atoms with van der Waals surface area (Å²) in [7, 11) is 4.08. The molecule has 2 rings (SSSR count). The Balaban J connectivity index is 2.34. The lowest BCUT2D eigenvalue weighted by molar-refractivity contribution is 0.404. The van der Waals surface area contributed by atoms with Crippen LogP contribution in [0.1, 0.15) is 36.8 Å². The summed E-state index contributed by atoms with van der Waals surface area (Å²) < 4.78 is 0. The molecule has 0 atom stereocenters. The molecule has 1 saturated carbocycles. The van der Waals surface area contributed by atoms with Crippen molar-refractivity contribution >= 4 is 6.08 Å². The van der Waals surface area contributed by atoms with E-state index in [2.05, 4.69) is 9.89 Å². The van der Waals surface area contributed by atoms with Crippen molar-refractivity contribution in [2.45, 2.75) is 37.6 Å². The predicted octanol–water partition coefficient (Wildman–Crippen LogP) is 2.60. The lowest BCUT2D eigenvalue weighted by Gasteiger charge is -2.24. The fraction of sp³-hybridized carbons (Fsp3) is 0.562. The molecule has 1 aliphatic carbocycles. The smallest absolute Gasteiger partial charge is 0.235 e. The average Bonchev–Trinajstić information content (AvgIpc) is 2.87. The number of phenols is 1. The lowest BCUT2D eigenvalue weighted by Crippen LogP contribution is -2.20. The minimum absolute atomic E-state index is 0.236. The van der Waals surface area contributed by atoms with Crippen LogP contribution in [-0.2, 0) is 16.8 Å². The Kier molecular flexibility index (Phi) is 4.58. The Morgan fingerprint density at radius 2 is 2.05 bits per heavy atom. The van der Waals surface area contributed by atoms with Crippen LogP contribution in [0.25, 0.3) is 0 Å². The second-order valence-corrected chi connectivity index (χ2v) is 5.85. The summed E-state index contributed by atoms with van der Waals surface area (Å²) in [6.45, 7) is 0.953. The normalized spacial score (nSPS) is 17.1. The molecule has 0 heterocycles. The lowest BCUT2D eigenvalue weighted by atomic mass is 9.87. The number of aromatic hydroxyl groups is 1. The zero-order valence-corrected chi connectivity index (χ0v) is 12.2. The van der Waals surface area contributed by atoms with Gasteiger partial charge in [0.2, 0.25) is 6.08 Å². The molecular weight excluding hydrogens is 252 g/mol. The second-order valence-electron chi connectivity index (χ2n) is 5.85. The van der Waals surface area contributed by atoms with Crippen LogP contribution in [0.3, 0.4) is 0 Å². The van der Waals surface area contributed by atoms with Crippen LogP contribution < -0.4 is 0 Å². The van der Waals surface area contributed by atoms with Gasteiger partial charge in [-0.3, -0.25) is 0 Å². The van der Waals surface area contributed by atoms with E-state index in [9.17, 15) is 9.90 Å². The van der Waals surface area contributed by atoms with E-state index in [4.69, 9.17) is 0 Å². The molecule has 0 aliphatic heterocycles. The first-order valence-corrected chi connectivity index (χ1v) is 7.13. The van der Waals surface area contributed by atoms with Gasteiger partial charge in [-0.1, -0.05) is 18.9 Å². The molecular formula is C16H22N2O2. The fourth-order valence-corrected chi connectivity index (χ4v) is 2.95. The molecule has 20 heavy (non-hydrogen) atoms. The maximum Gasteiger partial charge on any atom is 0.235 e. The molecule has 1 aromatic carbocycles. The van der Waals surface area contributed by atoms with Crippen LogP contribution in [0, 0.1) is 0 Å². The van der Waals surface area contributed by atoms with Crippen molar-refractivity contribution in [1.29, 1.82) is 0 Å². The van der Waals surface area contributed by atoms with Gasteiger partial charge in [0.1, 0.15) is 11.3 Å². The van der Waals surface area contributed by atoms with Crippen LogP contribution in [-0.4, -0.2) is 36.7 Å². The van der Waals surface area contributed by atoms with Gasteiger partial charge < -0.3 is 10.0 Å². The predicted molar refractivity (Wildman–Crippen MR) is 78.6 cm³/mol. The van der Waals surface area contributed by atoms with Crippen LogP contribution in [0.2, 0.25) is 0 Å². The molecule has 108 valence electrons. The molecule has 4 nitrogen and oxygen atoms in total. The van der Waals surface area contributed by atoms with E-state index < -0.39 is 5.54 Å². The summed E-state index contributed by atoms with van der Waals surface area (Å²) >= 11 is 0. The van der Waals surface area contributed by atoms with Crippen LogP contribution in [0.4, 0.5) is 0 Å². The number of hydrogen-bond donors (Lipinski definition) is 1. The molecule has 0 spiro atoms. The van der Waals surface area contributed by atoms with Gasteiger partial charge in [-0.25, -0.2) is 4.79 Å². The Labute approximate surface area is 120 Å². The van der Waals surface area contributed by atoms with Crippen molar-refractivity contribution in [2.24, 2.45) is 4.99 Å². The third-order valence-electron chi connectivity index (χ3n) is 4.10. The number of isocyanates is 1. The molecule has 0 aromatic heterocycles. The van der Waals surface area contributed by atoms with E-state index in [1.54, 1.807) is 12.1 Å². The van der Waals surface area contributed by atoms with E-state index in [1.807, 2.05) is 26.2 Å². The number of carbonyl (C=O) groups excluding carboxylic acids is 1. The van der Waals surface area contributed by atoms with Gasteiger partial charge in [0, 0.05) is 12.1 Å². The molecule has 0 bridgehead atoms. The van der Waals surface area contributed by atoms with Crippen molar-refractivity contribution < 1.29 is 9.90 Å². The van der Waals surface area contributed by atoms with Crippen LogP contribution >= 0.6 is 0 Å². The Hall–Kier alpha value is -1.64. The first-order chi connectivity index (χ1) is 9.57. The summed E-state index contributed by atoms with van der Waals surface area (Å²) in [5.41, 5.74) is 1.40. The van der Waals surface area contributed by atoms with Crippen LogP contribution in [0.5, 0.6) is 5.75 Å². The largest absolute Gasteiger partial charge is 0.508 e. The van der Waals surface area contributed by atoms with Gasteiger partial charge in [0.25, 0.3) is 0 Å². The SMILES string of the molecule is CN(C)CCc1ccc(O)c(C2(N=C=O)CCCC2)c1. The quantitative estimate of drug-likeness (QED) is 0.663. The summed E-state index contributed by atoms with van der Waals surface area (Å²) in [4.78, 5) is 16.9. The van der Waals surface area contributed by atoms with Gasteiger partial charge in [-0.05, 0) is 51.1 Å². The average molecular weight is 274 g/mol. The highest BCUT2D eigenvalue weighted by Crippen LogP contribution is 2.45. The van der Waals surface area contributed by atoms with Gasteiger partial charge in [-0.2, -0.15) is 4.99 Å². The monoisotopic (exact) mass is 274 g/mol. The fourth-order valence-electron chi connectivity index (χ4n) is 2.95. The zero-order chi connectivity index (χ0) is 14.6. The first-order valence-electron chi connectivity index (χ1n) is 7.13. The van der Waals surface area contributed by atoms with Crippen molar-refractivity contribution in [1.82, 2.24) is 4.90 Å². The highest BCUT2D eigenvalue weighted by Gasteiger charge is 2.37. The van der Waals surface area contributed by atoms with E-state index >= 15 is 0 Å². The van der Waals surface area contributed by atoms with E-state index in [0.29, 0.717) is 0 Å². The third kappa shape index (κ3) is 3.09. The van der Waals surface area contributed by atoms with E-state index in [0.717, 1.165) is 44.2 Å². The number of rotatable bonds is 5. The maximum absolute atomic E-state index is 10.8. The summed E-state index contributed by atoms with van der Waals surface area (Å²) in [5, 5.41) is 10.2. The molecule has 1 aromatic rings.